The van der Waals surface area contributed by atoms with Crippen molar-refractivity contribution in [2.75, 3.05) is 19.4 Å². The number of rotatable bonds is 8. The summed E-state index contributed by atoms with van der Waals surface area (Å²) in [6, 6.07) is 25.0. The van der Waals surface area contributed by atoms with E-state index in [0.717, 1.165) is 14.4 Å². The van der Waals surface area contributed by atoms with Crippen molar-refractivity contribution in [3.8, 4) is 0 Å². The van der Waals surface area contributed by atoms with Crippen LogP contribution in [-0.4, -0.2) is 34.1 Å². The van der Waals surface area contributed by atoms with Crippen LogP contribution in [0.4, 0.5) is 0 Å². The van der Waals surface area contributed by atoms with E-state index in [9.17, 15) is 0 Å². The normalized spacial score (nSPS) is 70.8. The van der Waals surface area contributed by atoms with E-state index >= 15 is 0 Å². The molecule has 0 aromatic heterocycles. The summed E-state index contributed by atoms with van der Waals surface area (Å²) in [6.07, 6.45) is 2.77. The number of nitrogens with zero attached hydrogens (tertiary/aromatic N) is 1. The third kappa shape index (κ3) is 0.373. The van der Waals surface area contributed by atoms with Gasteiger partial charge < -0.3 is 0 Å². The van der Waals surface area contributed by atoms with Gasteiger partial charge in [0.15, 0.2) is 0 Å². The summed E-state index contributed by atoms with van der Waals surface area (Å²) in [6.45, 7) is 4.13. The Morgan fingerprint density at radius 3 is 1.67 bits per heavy atom. The molecule has 2 aromatic rings. The number of hydrogen-bond donors (Lipinski definition) is 0. The van der Waals surface area contributed by atoms with E-state index in [1.807, 2.05) is 0 Å². The van der Waals surface area contributed by atoms with E-state index in [2.05, 4.69) is 93.2 Å². The van der Waals surface area contributed by atoms with E-state index in [0.29, 0.717) is 0 Å². The maximum absolute atomic E-state index is 3.59. The quantitative estimate of drug-likeness (QED) is 0.259. The zero-order valence-corrected chi connectivity index (χ0v) is 23.0. The van der Waals surface area contributed by atoms with Gasteiger partial charge in [-0.25, -0.2) is 0 Å². The van der Waals surface area contributed by atoms with Gasteiger partial charge in [-0.05, 0) is 0 Å². The monoisotopic (exact) mass is 515 g/mol. The molecule has 10 heterocycles. The summed E-state index contributed by atoms with van der Waals surface area (Å²) in [7, 11) is 2.40. The minimum absolute atomic E-state index is 0.0402. The maximum atomic E-state index is 3.03. The van der Waals surface area contributed by atoms with Crippen LogP contribution in [0.1, 0.15) is 20.8 Å². The first-order valence-electron chi connectivity index (χ1n) is 13.5. The van der Waals surface area contributed by atoms with Crippen molar-refractivity contribution >= 4 is 26.6 Å². The predicted octanol–water partition coefficient (Wildman–Crippen LogP) is 7.54. The van der Waals surface area contributed by atoms with Crippen molar-refractivity contribution in [3.05, 3.63) is 60.7 Å². The van der Waals surface area contributed by atoms with Crippen LogP contribution < -0.4 is 10.6 Å². The summed E-state index contributed by atoms with van der Waals surface area (Å²) in [4.78, 5) is 10.8. The van der Waals surface area contributed by atoms with E-state index < -0.39 is 6.51 Å². The van der Waals surface area contributed by atoms with Crippen LogP contribution in [-0.2, 0) is 6.51 Å². The second-order valence-electron chi connectivity index (χ2n) is 15.2. The SMILES string of the molecule is CCP(CC)N(C)[C@@H](C)[C@]12[CH]3[CH]4[CH]5[C]1(P(c1ccccc1)c1ccccc1)[Fe]45321678[CH]2[CH]1[CH]6[CH]7[CH]28. The number of hydrogen-bond acceptors (Lipinski definition) is 1. The molecular weight excluding hydrogens is 480 g/mol. The Bertz CT molecular complexity index is 1630. The molecule has 10 fully saturated rings. The molecule has 10 aliphatic rings. The average molecular weight is 515 g/mol. The molecule has 1 spiro atoms. The molecule has 174 valence electrons. The summed E-state index contributed by atoms with van der Waals surface area (Å²) >= 11 is 0. The average Bonchev–Trinajstić information content (AvgIpc) is 3.80. The van der Waals surface area contributed by atoms with Crippen LogP contribution in [0, 0.1) is 0 Å². The van der Waals surface area contributed by atoms with Gasteiger partial charge in [-0.15, -0.1) is 0 Å². The van der Waals surface area contributed by atoms with Gasteiger partial charge in [0.1, 0.15) is 0 Å². The van der Waals surface area contributed by atoms with Crippen molar-refractivity contribution in [1.29, 1.82) is 0 Å². The standard InChI is InChI=1S/C24H30NP2.C5H5.Fe/c1-5-26(6-2)25(4)20(3)23-18-13-19-24(23)27(21-14-9-7-10-15-21)22-16-11-8-12-17-22;1-2-4-5-3-1;/h7-20H,5-6H2,1-4H3;1-5H;/t20-;;/m0../s1. The van der Waals surface area contributed by atoms with Gasteiger partial charge in [-0.3, -0.25) is 0 Å². The first-order valence-corrected chi connectivity index (χ1v) is 22.7. The molecule has 10 aliphatic heterocycles. The van der Waals surface area contributed by atoms with Gasteiger partial charge in [0, 0.05) is 0 Å². The first kappa shape index (κ1) is 17.3. The van der Waals surface area contributed by atoms with Crippen LogP contribution in [0.3, 0.4) is 0 Å². The Labute approximate surface area is 190 Å². The predicted molar refractivity (Wildman–Crippen MR) is 140 cm³/mol. The van der Waals surface area contributed by atoms with Crippen LogP contribution in [0.5, 0.6) is 0 Å². The van der Waals surface area contributed by atoms with Gasteiger partial charge >= 0.3 is 192 Å². The fourth-order valence-corrected chi connectivity index (χ4v) is 115. The van der Waals surface area contributed by atoms with Crippen LogP contribution >= 0.6 is 16.0 Å². The Morgan fingerprint density at radius 2 is 1.27 bits per heavy atom. The van der Waals surface area contributed by atoms with E-state index in [-0.39, 0.29) is 16.0 Å². The molecule has 1 nitrogen and oxygen atoms in total. The topological polar surface area (TPSA) is 3.24 Å². The number of benzene rings is 2. The molecule has 4 unspecified atom stereocenters. The van der Waals surface area contributed by atoms with Crippen LogP contribution in [0.2, 0.25) is 42.8 Å². The van der Waals surface area contributed by atoms with Crippen molar-refractivity contribution in [1.82, 2.24) is 4.67 Å². The van der Waals surface area contributed by atoms with E-state index in [1.165, 1.54) is 50.9 Å². The Morgan fingerprint density at radius 1 is 0.788 bits per heavy atom. The molecule has 33 heavy (non-hydrogen) atoms. The Kier molecular flexibility index (Phi) is 1.28. The zero-order chi connectivity index (χ0) is 21.9. The van der Waals surface area contributed by atoms with Crippen molar-refractivity contribution in [2.45, 2.75) is 73.7 Å². The molecule has 0 bridgehead atoms. The first-order chi connectivity index (χ1) is 15.9. The van der Waals surface area contributed by atoms with Crippen molar-refractivity contribution < 1.29 is 6.51 Å². The molecule has 0 saturated carbocycles. The fraction of sp³-hybridized carbons (Fsp3) is 0.586. The molecule has 10 saturated heterocycles. The molecule has 6 atom stereocenters. The summed E-state index contributed by atoms with van der Waals surface area (Å²) in [5.41, 5.74) is 0. The van der Waals surface area contributed by atoms with Gasteiger partial charge in [-0.1, -0.05) is 0 Å². The molecular formula is C29H35FeNP2. The van der Waals surface area contributed by atoms with Crippen molar-refractivity contribution in [2.24, 2.45) is 0 Å². The third-order valence-electron chi connectivity index (χ3n) is 19.6. The summed E-state index contributed by atoms with van der Waals surface area (Å²) in [5, 5.41) is 3.49. The Hall–Kier alpha value is -0.221. The van der Waals surface area contributed by atoms with E-state index in [4.69, 9.17) is 0 Å². The van der Waals surface area contributed by atoms with Gasteiger partial charge in [0.25, 0.3) is 0 Å². The van der Waals surface area contributed by atoms with Crippen molar-refractivity contribution in [3.63, 3.8) is 0 Å². The molecule has 0 aliphatic carbocycles. The molecule has 4 heteroatoms. The second-order valence-corrected chi connectivity index (χ2v) is 44.1. The fourth-order valence-electron chi connectivity index (χ4n) is 21.3. The van der Waals surface area contributed by atoms with Crippen LogP contribution in [0.15, 0.2) is 60.7 Å². The molecule has 2 aromatic carbocycles. The number of fused-ring (bicyclic) bond motifs is 10. The molecule has 12 rings (SSSR count). The van der Waals surface area contributed by atoms with Gasteiger partial charge in [0.2, 0.25) is 0 Å². The molecule has 0 N–H and O–H groups in total. The van der Waals surface area contributed by atoms with Gasteiger partial charge in [0.05, 0.1) is 0 Å². The van der Waals surface area contributed by atoms with Gasteiger partial charge in [-0.2, -0.15) is 0 Å². The summed E-state index contributed by atoms with van der Waals surface area (Å²) < 4.78 is 4.71. The molecule has 0 amide bonds. The summed E-state index contributed by atoms with van der Waals surface area (Å²) in [5.74, 6) is 0. The second kappa shape index (κ2) is 2.45. The zero-order valence-electron chi connectivity index (χ0n) is 20.1. The third-order valence-corrected chi connectivity index (χ3v) is 72.5. The molecule has 0 radical (unpaired) electrons. The van der Waals surface area contributed by atoms with E-state index in [1.54, 1.807) is 10.6 Å². The minimum atomic E-state index is -3.59. The Balaban J connectivity index is 1.19. The van der Waals surface area contributed by atoms with Crippen LogP contribution in [0.25, 0.3) is 0 Å².